The van der Waals surface area contributed by atoms with Crippen LogP contribution >= 0.6 is 0 Å². The molecule has 0 bridgehead atoms. The minimum Gasteiger partial charge on any atom is -0.367 e. The van der Waals surface area contributed by atoms with Crippen molar-refractivity contribution in [3.05, 3.63) is 59.4 Å². The van der Waals surface area contributed by atoms with E-state index in [1.165, 1.54) is 5.56 Å². The molecule has 0 saturated heterocycles. The van der Waals surface area contributed by atoms with Gasteiger partial charge in [-0.2, -0.15) is 9.61 Å². The molecule has 210 valence electrons. The van der Waals surface area contributed by atoms with E-state index in [-0.39, 0.29) is 23.4 Å². The number of anilines is 1. The lowest BCUT2D eigenvalue weighted by molar-refractivity contribution is -0.127. The van der Waals surface area contributed by atoms with Crippen molar-refractivity contribution in [2.75, 3.05) is 5.32 Å². The molecule has 0 radical (unpaired) electrons. The van der Waals surface area contributed by atoms with Crippen LogP contribution in [0.2, 0.25) is 6.32 Å². The summed E-state index contributed by atoms with van der Waals surface area (Å²) < 4.78 is 1.90. The summed E-state index contributed by atoms with van der Waals surface area (Å²) in [6.07, 6.45) is 9.82. The van der Waals surface area contributed by atoms with Crippen LogP contribution < -0.4 is 10.6 Å². The first-order chi connectivity index (χ1) is 18.7. The highest BCUT2D eigenvalue weighted by Crippen LogP contribution is 2.35. The predicted octanol–water partition coefficient (Wildman–Crippen LogP) is 6.17. The summed E-state index contributed by atoms with van der Waals surface area (Å²) in [4.78, 5) is 18.5. The second-order valence-electron chi connectivity index (χ2n) is 12.0. The van der Waals surface area contributed by atoms with Crippen LogP contribution in [0.25, 0.3) is 5.65 Å². The first-order valence-electron chi connectivity index (χ1n) is 15.2. The van der Waals surface area contributed by atoms with Crippen molar-refractivity contribution in [2.24, 2.45) is 0 Å². The highest BCUT2D eigenvalue weighted by atomic mass is 16.2. The molecular formula is C32H48BN5O. The van der Waals surface area contributed by atoms with E-state index < -0.39 is 5.41 Å². The van der Waals surface area contributed by atoms with Crippen LogP contribution in [0.5, 0.6) is 0 Å². The van der Waals surface area contributed by atoms with E-state index in [2.05, 4.69) is 95.5 Å². The van der Waals surface area contributed by atoms with E-state index in [9.17, 15) is 4.79 Å². The number of benzene rings is 1. The molecule has 39 heavy (non-hydrogen) atoms. The van der Waals surface area contributed by atoms with Gasteiger partial charge in [0.05, 0.1) is 11.6 Å². The summed E-state index contributed by atoms with van der Waals surface area (Å²) in [6.45, 7) is 13.2. The van der Waals surface area contributed by atoms with E-state index in [1.807, 2.05) is 16.8 Å². The van der Waals surface area contributed by atoms with Crippen molar-refractivity contribution in [3.8, 4) is 0 Å². The number of fused-ring (bicyclic) bond motifs is 1. The lowest BCUT2D eigenvalue weighted by atomic mass is 9.70. The number of carbonyl (C=O) groups is 1. The number of carbonyl (C=O) groups excluding carboxylic acids is 1. The molecule has 1 fully saturated rings. The summed E-state index contributed by atoms with van der Waals surface area (Å²) in [5.41, 5.74) is 4.10. The molecule has 7 heteroatoms. The third-order valence-corrected chi connectivity index (χ3v) is 9.89. The van der Waals surface area contributed by atoms with Crippen molar-refractivity contribution >= 4 is 25.2 Å². The lowest BCUT2D eigenvalue weighted by Crippen LogP contribution is -2.46. The topological polar surface area (TPSA) is 71.3 Å². The van der Waals surface area contributed by atoms with Gasteiger partial charge in [-0.15, -0.1) is 0 Å². The maximum Gasteiger partial charge on any atom is 0.230 e. The van der Waals surface area contributed by atoms with Crippen LogP contribution in [-0.2, 0) is 15.6 Å². The average Bonchev–Trinajstić information content (AvgIpc) is 3.62. The van der Waals surface area contributed by atoms with Gasteiger partial charge in [0.1, 0.15) is 13.7 Å². The standard InChI is InChI=1S/C32H48BN5O/c1-7-22(8-2)27-20-29(38-28(37-27)17-18-34-38)35-25-15-16-26(19-25)36-30(39)32(6,10-4)24-13-11-23(12-14-24)31(5,9-3)21-33/h11-14,17-18,20,22,25-26,35H,7-10,15-16,19,21,33H2,1-6H3,(H,36,39)/t25-,26-,31?,32?/m0/s1. The number of aromatic nitrogens is 3. The van der Waals surface area contributed by atoms with Gasteiger partial charge in [-0.3, -0.25) is 4.79 Å². The fraction of sp³-hybridized carbons (Fsp3) is 0.594. The maximum atomic E-state index is 13.7. The van der Waals surface area contributed by atoms with E-state index in [0.717, 1.165) is 74.0 Å². The molecule has 1 amide bonds. The van der Waals surface area contributed by atoms with Crippen LogP contribution in [0.15, 0.2) is 42.6 Å². The Morgan fingerprint density at radius 2 is 1.69 bits per heavy atom. The summed E-state index contributed by atoms with van der Waals surface area (Å²) in [7, 11) is 2.25. The number of rotatable bonds is 12. The van der Waals surface area contributed by atoms with E-state index in [1.54, 1.807) is 0 Å². The first kappa shape index (κ1) is 29.2. The normalized spacial score (nSPS) is 20.6. The van der Waals surface area contributed by atoms with Crippen molar-refractivity contribution < 1.29 is 4.79 Å². The van der Waals surface area contributed by atoms with Crippen LogP contribution in [0.3, 0.4) is 0 Å². The van der Waals surface area contributed by atoms with Gasteiger partial charge in [0.25, 0.3) is 0 Å². The van der Waals surface area contributed by atoms with Crippen LogP contribution in [0.4, 0.5) is 5.82 Å². The fourth-order valence-corrected chi connectivity index (χ4v) is 6.14. The van der Waals surface area contributed by atoms with Crippen molar-refractivity contribution in [1.29, 1.82) is 0 Å². The van der Waals surface area contributed by atoms with Gasteiger partial charge in [0.2, 0.25) is 5.91 Å². The molecule has 6 nitrogen and oxygen atoms in total. The molecule has 2 unspecified atom stereocenters. The van der Waals surface area contributed by atoms with Crippen LogP contribution in [-0.4, -0.2) is 40.4 Å². The first-order valence-corrected chi connectivity index (χ1v) is 15.2. The third-order valence-electron chi connectivity index (χ3n) is 9.89. The Balaban J connectivity index is 1.44. The van der Waals surface area contributed by atoms with Gasteiger partial charge in [0, 0.05) is 35.8 Å². The summed E-state index contributed by atoms with van der Waals surface area (Å²) in [6, 6.07) is 13.4. The zero-order valence-electron chi connectivity index (χ0n) is 25.2. The van der Waals surface area contributed by atoms with Crippen LogP contribution in [0, 0.1) is 0 Å². The Kier molecular flexibility index (Phi) is 9.08. The van der Waals surface area contributed by atoms with E-state index in [4.69, 9.17) is 4.98 Å². The zero-order chi connectivity index (χ0) is 28.2. The van der Waals surface area contributed by atoms with Crippen molar-refractivity contribution in [1.82, 2.24) is 19.9 Å². The highest BCUT2D eigenvalue weighted by molar-refractivity contribution is 6.09. The van der Waals surface area contributed by atoms with Gasteiger partial charge < -0.3 is 10.6 Å². The van der Waals surface area contributed by atoms with Crippen molar-refractivity contribution in [3.63, 3.8) is 0 Å². The quantitative estimate of drug-likeness (QED) is 0.275. The highest BCUT2D eigenvalue weighted by Gasteiger charge is 2.37. The maximum absolute atomic E-state index is 13.7. The Labute approximate surface area is 236 Å². The Hall–Kier alpha value is -2.83. The molecule has 2 heterocycles. The van der Waals surface area contributed by atoms with Gasteiger partial charge in [-0.1, -0.05) is 65.2 Å². The number of hydrogen-bond acceptors (Lipinski definition) is 4. The molecule has 1 aliphatic rings. The van der Waals surface area contributed by atoms with Gasteiger partial charge >= 0.3 is 0 Å². The molecular weight excluding hydrogens is 481 g/mol. The smallest absolute Gasteiger partial charge is 0.230 e. The summed E-state index contributed by atoms with van der Waals surface area (Å²) >= 11 is 0. The van der Waals surface area contributed by atoms with E-state index in [0.29, 0.717) is 5.92 Å². The Bertz CT molecular complexity index is 1250. The minimum absolute atomic E-state index is 0.131. The zero-order valence-corrected chi connectivity index (χ0v) is 25.2. The number of nitrogens with zero attached hydrogens (tertiary/aromatic N) is 3. The predicted molar refractivity (Wildman–Crippen MR) is 165 cm³/mol. The molecule has 2 N–H and O–H groups in total. The van der Waals surface area contributed by atoms with Gasteiger partial charge in [-0.25, -0.2) is 4.98 Å². The molecule has 0 aliphatic heterocycles. The third kappa shape index (κ3) is 5.88. The average molecular weight is 530 g/mol. The second-order valence-corrected chi connectivity index (χ2v) is 12.0. The molecule has 4 atom stereocenters. The number of amides is 1. The number of hydrogen-bond donors (Lipinski definition) is 2. The molecule has 4 rings (SSSR count). The number of nitrogens with one attached hydrogen (secondary N) is 2. The van der Waals surface area contributed by atoms with Crippen LogP contribution in [0.1, 0.15) is 109 Å². The fourth-order valence-electron chi connectivity index (χ4n) is 6.14. The molecule has 1 saturated carbocycles. The molecule has 2 aromatic heterocycles. The largest absolute Gasteiger partial charge is 0.367 e. The molecule has 1 aliphatic carbocycles. The SMILES string of the molecule is BCC(C)(CC)c1ccc(C(C)(CC)C(=O)N[C@H]2CC[C@H](Nc3cc(C(CC)CC)nc4ccnn34)C2)cc1. The van der Waals surface area contributed by atoms with Crippen molar-refractivity contribution in [2.45, 2.75) is 122 Å². The Morgan fingerprint density at radius 1 is 1.03 bits per heavy atom. The van der Waals surface area contributed by atoms with E-state index >= 15 is 0 Å². The monoisotopic (exact) mass is 529 g/mol. The van der Waals surface area contributed by atoms with Gasteiger partial charge in [-0.05, 0) is 68.4 Å². The van der Waals surface area contributed by atoms with Gasteiger partial charge in [0.15, 0.2) is 5.65 Å². The summed E-state index contributed by atoms with van der Waals surface area (Å²) in [5, 5.41) is 11.7. The molecule has 0 spiro atoms. The second kappa shape index (κ2) is 12.1. The Morgan fingerprint density at radius 3 is 2.31 bits per heavy atom. The molecule has 1 aromatic carbocycles. The molecule has 3 aromatic rings. The lowest BCUT2D eigenvalue weighted by Gasteiger charge is -2.31. The minimum atomic E-state index is -0.546. The summed E-state index contributed by atoms with van der Waals surface area (Å²) in [5.74, 6) is 1.57.